The molecule has 4 heteroatoms. The van der Waals surface area contributed by atoms with Crippen LogP contribution >= 0.6 is 27.3 Å². The number of fused-ring (bicyclic) bond motifs is 3. The SMILES string of the molecule is Cc1ccc2[nH]c(=O)c3sccc3c2c1Br. The lowest BCUT2D eigenvalue weighted by atomic mass is 10.1. The summed E-state index contributed by atoms with van der Waals surface area (Å²) < 4.78 is 1.85. The van der Waals surface area contributed by atoms with E-state index in [4.69, 9.17) is 0 Å². The molecule has 0 saturated carbocycles. The lowest BCUT2D eigenvalue weighted by Gasteiger charge is -2.05. The van der Waals surface area contributed by atoms with Crippen molar-refractivity contribution in [3.8, 4) is 0 Å². The first kappa shape index (κ1) is 10.1. The van der Waals surface area contributed by atoms with Crippen LogP contribution in [-0.4, -0.2) is 4.98 Å². The number of hydrogen-bond donors (Lipinski definition) is 1. The number of aromatic amines is 1. The number of halogens is 1. The molecule has 16 heavy (non-hydrogen) atoms. The number of nitrogens with one attached hydrogen (secondary N) is 1. The molecule has 0 aliphatic carbocycles. The first-order valence-corrected chi connectivity index (χ1v) is 6.54. The molecule has 0 aliphatic rings. The molecule has 2 aromatic heterocycles. The molecule has 0 unspecified atom stereocenters. The average molecular weight is 294 g/mol. The zero-order chi connectivity index (χ0) is 11.3. The van der Waals surface area contributed by atoms with Crippen molar-refractivity contribution < 1.29 is 0 Å². The van der Waals surface area contributed by atoms with E-state index in [1.54, 1.807) is 0 Å². The Kier molecular flexibility index (Phi) is 2.16. The number of aromatic nitrogens is 1. The quantitative estimate of drug-likeness (QED) is 0.672. The number of benzene rings is 1. The van der Waals surface area contributed by atoms with Crippen molar-refractivity contribution in [2.24, 2.45) is 0 Å². The first-order chi connectivity index (χ1) is 7.68. The van der Waals surface area contributed by atoms with E-state index in [9.17, 15) is 4.79 Å². The number of H-pyrrole nitrogens is 1. The summed E-state index contributed by atoms with van der Waals surface area (Å²) in [6.45, 7) is 2.05. The molecule has 0 fully saturated rings. The monoisotopic (exact) mass is 293 g/mol. The topological polar surface area (TPSA) is 32.9 Å². The van der Waals surface area contributed by atoms with Crippen molar-refractivity contribution in [3.63, 3.8) is 0 Å². The van der Waals surface area contributed by atoms with Gasteiger partial charge in [-0.2, -0.15) is 0 Å². The highest BCUT2D eigenvalue weighted by Crippen LogP contribution is 2.32. The minimum atomic E-state index is -0.00625. The van der Waals surface area contributed by atoms with Gasteiger partial charge in [0.25, 0.3) is 5.56 Å². The molecule has 0 spiro atoms. The molecule has 0 atom stereocenters. The Labute approximate surface area is 104 Å². The van der Waals surface area contributed by atoms with Gasteiger partial charge in [-0.25, -0.2) is 0 Å². The van der Waals surface area contributed by atoms with E-state index in [2.05, 4.69) is 20.9 Å². The Bertz CT molecular complexity index is 757. The van der Waals surface area contributed by atoms with Crippen LogP contribution in [0.4, 0.5) is 0 Å². The molecular weight excluding hydrogens is 286 g/mol. The standard InChI is InChI=1S/C12H8BrNOS/c1-6-2-3-8-9(10(6)13)7-4-5-16-11(7)12(15)14-8/h2-5H,1H3,(H,14,15). The van der Waals surface area contributed by atoms with Crippen LogP contribution in [0.5, 0.6) is 0 Å². The molecule has 2 heterocycles. The van der Waals surface area contributed by atoms with Crippen molar-refractivity contribution in [3.05, 3.63) is 44.0 Å². The molecule has 80 valence electrons. The fourth-order valence-electron chi connectivity index (χ4n) is 1.91. The van der Waals surface area contributed by atoms with Gasteiger partial charge in [0.2, 0.25) is 0 Å². The van der Waals surface area contributed by atoms with Crippen molar-refractivity contribution in [2.75, 3.05) is 0 Å². The fourth-order valence-corrected chi connectivity index (χ4v) is 3.26. The van der Waals surface area contributed by atoms with E-state index in [-0.39, 0.29) is 5.56 Å². The Morgan fingerprint density at radius 3 is 2.94 bits per heavy atom. The van der Waals surface area contributed by atoms with Crippen LogP contribution in [-0.2, 0) is 0 Å². The Morgan fingerprint density at radius 2 is 2.12 bits per heavy atom. The van der Waals surface area contributed by atoms with E-state index >= 15 is 0 Å². The summed E-state index contributed by atoms with van der Waals surface area (Å²) >= 11 is 5.07. The number of hydrogen-bond acceptors (Lipinski definition) is 2. The number of pyridine rings is 1. The van der Waals surface area contributed by atoms with E-state index < -0.39 is 0 Å². The first-order valence-electron chi connectivity index (χ1n) is 4.87. The lowest BCUT2D eigenvalue weighted by Crippen LogP contribution is -2.04. The minimum Gasteiger partial charge on any atom is -0.321 e. The number of aryl methyl sites for hydroxylation is 1. The van der Waals surface area contributed by atoms with Gasteiger partial charge in [-0.3, -0.25) is 4.79 Å². The maximum absolute atomic E-state index is 11.8. The fraction of sp³-hybridized carbons (Fsp3) is 0.0833. The molecule has 2 nitrogen and oxygen atoms in total. The molecule has 0 bridgehead atoms. The molecule has 1 N–H and O–H groups in total. The summed E-state index contributed by atoms with van der Waals surface area (Å²) in [5.41, 5.74) is 2.05. The summed E-state index contributed by atoms with van der Waals surface area (Å²) in [4.78, 5) is 14.7. The zero-order valence-electron chi connectivity index (χ0n) is 8.50. The maximum atomic E-state index is 11.8. The van der Waals surface area contributed by atoms with Crippen LogP contribution < -0.4 is 5.56 Å². The molecule has 1 aromatic carbocycles. The van der Waals surface area contributed by atoms with Gasteiger partial charge >= 0.3 is 0 Å². The smallest absolute Gasteiger partial charge is 0.266 e. The van der Waals surface area contributed by atoms with Crippen molar-refractivity contribution >= 4 is 48.3 Å². The maximum Gasteiger partial charge on any atom is 0.266 e. The number of rotatable bonds is 0. The van der Waals surface area contributed by atoms with Gasteiger partial charge in [-0.1, -0.05) is 6.07 Å². The molecular formula is C12H8BrNOS. The lowest BCUT2D eigenvalue weighted by molar-refractivity contribution is 1.34. The third kappa shape index (κ3) is 1.26. The van der Waals surface area contributed by atoms with E-state index in [0.717, 1.165) is 25.5 Å². The highest BCUT2D eigenvalue weighted by Gasteiger charge is 2.10. The molecule has 0 amide bonds. The molecule has 0 radical (unpaired) electrons. The van der Waals surface area contributed by atoms with Crippen LogP contribution in [0.15, 0.2) is 32.8 Å². The van der Waals surface area contributed by atoms with Gasteiger partial charge in [0.05, 0.1) is 5.52 Å². The summed E-state index contributed by atoms with van der Waals surface area (Å²) in [6.07, 6.45) is 0. The van der Waals surface area contributed by atoms with Gasteiger partial charge in [0.1, 0.15) is 4.70 Å². The summed E-state index contributed by atoms with van der Waals surface area (Å²) in [5.74, 6) is 0. The molecule has 3 aromatic rings. The third-order valence-corrected chi connectivity index (χ3v) is 4.66. The molecule has 0 aliphatic heterocycles. The third-order valence-electron chi connectivity index (χ3n) is 2.72. The summed E-state index contributed by atoms with van der Waals surface area (Å²) in [7, 11) is 0. The Balaban J connectivity index is 2.72. The second-order valence-electron chi connectivity index (χ2n) is 3.74. The van der Waals surface area contributed by atoms with Crippen LogP contribution in [0, 0.1) is 6.92 Å². The van der Waals surface area contributed by atoms with Gasteiger partial charge in [-0.05, 0) is 45.9 Å². The van der Waals surface area contributed by atoms with Crippen LogP contribution in [0.1, 0.15) is 5.56 Å². The Hall–Kier alpha value is -1.13. The minimum absolute atomic E-state index is 0.00625. The van der Waals surface area contributed by atoms with Gasteiger partial charge in [0, 0.05) is 15.2 Å². The Morgan fingerprint density at radius 1 is 1.31 bits per heavy atom. The average Bonchev–Trinajstić information content (AvgIpc) is 2.73. The van der Waals surface area contributed by atoms with E-state index in [1.807, 2.05) is 30.5 Å². The zero-order valence-corrected chi connectivity index (χ0v) is 10.9. The predicted molar refractivity (Wildman–Crippen MR) is 72.4 cm³/mol. The largest absolute Gasteiger partial charge is 0.321 e. The predicted octanol–water partition coefficient (Wildman–Crippen LogP) is 3.81. The van der Waals surface area contributed by atoms with Crippen molar-refractivity contribution in [2.45, 2.75) is 6.92 Å². The number of thiophene rings is 1. The summed E-state index contributed by atoms with van der Waals surface area (Å²) in [6, 6.07) is 5.95. The van der Waals surface area contributed by atoms with Crippen molar-refractivity contribution in [1.82, 2.24) is 4.98 Å². The summed E-state index contributed by atoms with van der Waals surface area (Å²) in [5, 5.41) is 4.07. The highest BCUT2D eigenvalue weighted by molar-refractivity contribution is 9.10. The van der Waals surface area contributed by atoms with Gasteiger partial charge in [-0.15, -0.1) is 11.3 Å². The second-order valence-corrected chi connectivity index (χ2v) is 5.45. The second kappa shape index (κ2) is 3.43. The normalized spacial score (nSPS) is 11.4. The van der Waals surface area contributed by atoms with Crippen LogP contribution in [0.2, 0.25) is 0 Å². The van der Waals surface area contributed by atoms with Crippen LogP contribution in [0.25, 0.3) is 21.0 Å². The van der Waals surface area contributed by atoms with Gasteiger partial charge < -0.3 is 4.98 Å². The highest BCUT2D eigenvalue weighted by atomic mass is 79.9. The van der Waals surface area contributed by atoms with E-state index in [0.29, 0.717) is 0 Å². The molecule has 3 rings (SSSR count). The van der Waals surface area contributed by atoms with Crippen LogP contribution in [0.3, 0.4) is 0 Å². The van der Waals surface area contributed by atoms with E-state index in [1.165, 1.54) is 16.9 Å². The molecule has 0 saturated heterocycles. The van der Waals surface area contributed by atoms with Gasteiger partial charge in [0.15, 0.2) is 0 Å². The van der Waals surface area contributed by atoms with Crippen molar-refractivity contribution in [1.29, 1.82) is 0 Å².